The molecule has 1 amide bonds. The van der Waals surface area contributed by atoms with E-state index in [-0.39, 0.29) is 11.9 Å². The minimum Gasteiger partial charge on any atom is -0.497 e. The molecular weight excluding hydrogens is 320 g/mol. The van der Waals surface area contributed by atoms with E-state index in [0.717, 1.165) is 42.1 Å². The van der Waals surface area contributed by atoms with Crippen molar-refractivity contribution in [2.45, 2.75) is 30.2 Å². The van der Waals surface area contributed by atoms with Crippen LogP contribution in [0.2, 0.25) is 0 Å². The van der Waals surface area contributed by atoms with E-state index >= 15 is 0 Å². The minimum absolute atomic E-state index is 0.110. The van der Waals surface area contributed by atoms with Gasteiger partial charge in [-0.15, -0.1) is 11.8 Å². The fraction of sp³-hybridized carbons (Fsp3) is 0.368. The highest BCUT2D eigenvalue weighted by Gasteiger charge is 2.28. The second kappa shape index (κ2) is 8.20. The van der Waals surface area contributed by atoms with Crippen molar-refractivity contribution < 1.29 is 9.53 Å². The van der Waals surface area contributed by atoms with Crippen LogP contribution in [0.5, 0.6) is 5.75 Å². The number of hydrogen-bond donors (Lipinski definition) is 0. The van der Waals surface area contributed by atoms with Gasteiger partial charge in [0.2, 0.25) is 5.91 Å². The minimum atomic E-state index is 0.110. The molecule has 0 aliphatic carbocycles. The number of carbonyl (C=O) groups excluding carboxylic acids is 1. The second-order valence-electron chi connectivity index (χ2n) is 5.82. The van der Waals surface area contributed by atoms with Crippen LogP contribution in [0.3, 0.4) is 0 Å². The van der Waals surface area contributed by atoms with Crippen molar-refractivity contribution >= 4 is 17.7 Å². The van der Waals surface area contributed by atoms with E-state index in [0.29, 0.717) is 5.75 Å². The average Bonchev–Trinajstić information content (AvgIpc) is 2.67. The maximum Gasteiger partial charge on any atom is 0.233 e. The molecule has 0 unspecified atom stereocenters. The first-order valence-electron chi connectivity index (χ1n) is 8.25. The summed E-state index contributed by atoms with van der Waals surface area (Å²) in [6, 6.07) is 13.9. The Bertz CT molecular complexity index is 678. The summed E-state index contributed by atoms with van der Waals surface area (Å²) in [4.78, 5) is 20.3. The van der Waals surface area contributed by atoms with Crippen LogP contribution in [0.1, 0.15) is 31.0 Å². The van der Waals surface area contributed by atoms with E-state index in [2.05, 4.69) is 4.98 Å². The van der Waals surface area contributed by atoms with Crippen molar-refractivity contribution in [2.24, 2.45) is 0 Å². The summed E-state index contributed by atoms with van der Waals surface area (Å²) in [6.45, 7) is 0.818. The maximum atomic E-state index is 12.8. The number of methoxy groups -OCH3 is 1. The molecule has 2 heterocycles. The highest BCUT2D eigenvalue weighted by Crippen LogP contribution is 2.31. The highest BCUT2D eigenvalue weighted by atomic mass is 32.2. The van der Waals surface area contributed by atoms with Gasteiger partial charge in [0.1, 0.15) is 5.75 Å². The lowest BCUT2D eigenvalue weighted by Crippen LogP contribution is -2.39. The van der Waals surface area contributed by atoms with Gasteiger partial charge in [0.05, 0.1) is 24.6 Å². The van der Waals surface area contributed by atoms with Crippen molar-refractivity contribution in [2.75, 3.05) is 19.4 Å². The molecule has 0 bridgehead atoms. The standard InChI is InChI=1S/C19H22N2O2S/c1-23-15-7-6-8-16(13-15)24-14-19(22)21-12-5-3-10-18(21)17-9-2-4-11-20-17/h2,4,6-9,11,13,18H,3,5,10,12,14H2,1H3/t18-/m1/s1. The van der Waals surface area contributed by atoms with E-state index in [9.17, 15) is 4.79 Å². The van der Waals surface area contributed by atoms with Crippen LogP contribution in [-0.2, 0) is 4.79 Å². The molecule has 0 N–H and O–H groups in total. The number of amides is 1. The predicted molar refractivity (Wildman–Crippen MR) is 96.3 cm³/mol. The topological polar surface area (TPSA) is 42.4 Å². The summed E-state index contributed by atoms with van der Waals surface area (Å²) in [5.74, 6) is 1.44. The number of ether oxygens (including phenoxy) is 1. The summed E-state index contributed by atoms with van der Waals surface area (Å²) in [7, 11) is 1.65. The van der Waals surface area contributed by atoms with E-state index < -0.39 is 0 Å². The molecule has 1 aromatic heterocycles. The summed E-state index contributed by atoms with van der Waals surface area (Å²) >= 11 is 1.56. The van der Waals surface area contributed by atoms with Gasteiger partial charge in [0.15, 0.2) is 0 Å². The maximum absolute atomic E-state index is 12.8. The number of aromatic nitrogens is 1. The van der Waals surface area contributed by atoms with Crippen molar-refractivity contribution in [1.29, 1.82) is 0 Å². The van der Waals surface area contributed by atoms with Gasteiger partial charge in [-0.25, -0.2) is 0 Å². The zero-order valence-corrected chi connectivity index (χ0v) is 14.7. The number of nitrogens with zero attached hydrogens (tertiary/aromatic N) is 2. The van der Waals surface area contributed by atoms with Crippen LogP contribution in [0.25, 0.3) is 0 Å². The van der Waals surface area contributed by atoms with E-state index in [1.807, 2.05) is 47.4 Å². The van der Waals surface area contributed by atoms with Gasteiger partial charge >= 0.3 is 0 Å². The molecule has 3 rings (SSSR count). The number of likely N-dealkylation sites (tertiary alicyclic amines) is 1. The fourth-order valence-corrected chi connectivity index (χ4v) is 3.86. The first kappa shape index (κ1) is 16.8. The molecule has 0 spiro atoms. The summed E-state index contributed by atoms with van der Waals surface area (Å²) in [5, 5.41) is 0. The van der Waals surface area contributed by atoms with Crippen LogP contribution >= 0.6 is 11.8 Å². The largest absolute Gasteiger partial charge is 0.497 e. The second-order valence-corrected chi connectivity index (χ2v) is 6.87. The molecule has 24 heavy (non-hydrogen) atoms. The Kier molecular flexibility index (Phi) is 5.75. The molecule has 126 valence electrons. The Hall–Kier alpha value is -2.01. The van der Waals surface area contributed by atoms with Gasteiger partial charge in [-0.2, -0.15) is 0 Å². The Labute approximate surface area is 147 Å². The van der Waals surface area contributed by atoms with E-state index in [1.54, 1.807) is 25.1 Å². The molecule has 1 fully saturated rings. The van der Waals surface area contributed by atoms with Gasteiger partial charge in [0.25, 0.3) is 0 Å². The van der Waals surface area contributed by atoms with Gasteiger partial charge in [-0.05, 0) is 49.6 Å². The number of carbonyl (C=O) groups is 1. The summed E-state index contributed by atoms with van der Waals surface area (Å²) in [5.41, 5.74) is 0.997. The molecule has 5 heteroatoms. The first-order chi connectivity index (χ1) is 11.8. The third-order valence-electron chi connectivity index (χ3n) is 4.26. The van der Waals surface area contributed by atoms with Crippen LogP contribution in [-0.4, -0.2) is 35.2 Å². The average molecular weight is 342 g/mol. The van der Waals surface area contributed by atoms with Gasteiger partial charge in [-0.1, -0.05) is 12.1 Å². The molecule has 1 aromatic carbocycles. The Morgan fingerprint density at radius 3 is 3.00 bits per heavy atom. The number of rotatable bonds is 5. The Balaban J connectivity index is 1.66. The Morgan fingerprint density at radius 2 is 2.21 bits per heavy atom. The van der Waals surface area contributed by atoms with Crippen LogP contribution in [0.4, 0.5) is 0 Å². The SMILES string of the molecule is COc1cccc(SCC(=O)N2CCCC[C@@H]2c2ccccn2)c1. The van der Waals surface area contributed by atoms with Crippen molar-refractivity contribution in [1.82, 2.24) is 9.88 Å². The third-order valence-corrected chi connectivity index (χ3v) is 5.23. The van der Waals surface area contributed by atoms with Gasteiger partial charge < -0.3 is 9.64 Å². The molecule has 1 aliphatic rings. The van der Waals surface area contributed by atoms with E-state index in [4.69, 9.17) is 4.74 Å². The smallest absolute Gasteiger partial charge is 0.233 e. The zero-order chi connectivity index (χ0) is 16.8. The lowest BCUT2D eigenvalue weighted by atomic mass is 9.99. The number of thioether (sulfide) groups is 1. The molecule has 4 nitrogen and oxygen atoms in total. The Morgan fingerprint density at radius 1 is 1.29 bits per heavy atom. The van der Waals surface area contributed by atoms with Crippen molar-refractivity contribution in [3.8, 4) is 5.75 Å². The van der Waals surface area contributed by atoms with Gasteiger partial charge in [-0.3, -0.25) is 9.78 Å². The molecule has 1 saturated heterocycles. The quantitative estimate of drug-likeness (QED) is 0.772. The highest BCUT2D eigenvalue weighted by molar-refractivity contribution is 8.00. The normalized spacial score (nSPS) is 17.5. The predicted octanol–water partition coefficient (Wildman–Crippen LogP) is 3.94. The van der Waals surface area contributed by atoms with Crippen LogP contribution in [0.15, 0.2) is 53.6 Å². The van der Waals surface area contributed by atoms with Gasteiger partial charge in [0, 0.05) is 17.6 Å². The first-order valence-corrected chi connectivity index (χ1v) is 9.24. The van der Waals surface area contributed by atoms with Crippen LogP contribution in [0, 0.1) is 0 Å². The number of benzene rings is 1. The zero-order valence-electron chi connectivity index (χ0n) is 13.9. The fourth-order valence-electron chi connectivity index (χ4n) is 3.03. The molecule has 2 aromatic rings. The van der Waals surface area contributed by atoms with Crippen LogP contribution < -0.4 is 4.74 Å². The molecule has 0 saturated carbocycles. The third kappa shape index (κ3) is 4.09. The number of piperidine rings is 1. The van der Waals surface area contributed by atoms with Crippen molar-refractivity contribution in [3.63, 3.8) is 0 Å². The van der Waals surface area contributed by atoms with Crippen molar-refractivity contribution in [3.05, 3.63) is 54.4 Å². The molecule has 1 atom stereocenters. The molecule has 0 radical (unpaired) electrons. The van der Waals surface area contributed by atoms with E-state index in [1.165, 1.54) is 0 Å². The molecule has 1 aliphatic heterocycles. The number of pyridine rings is 1. The summed E-state index contributed by atoms with van der Waals surface area (Å²) in [6.07, 6.45) is 5.01. The number of hydrogen-bond acceptors (Lipinski definition) is 4. The summed E-state index contributed by atoms with van der Waals surface area (Å²) < 4.78 is 5.24. The lowest BCUT2D eigenvalue weighted by Gasteiger charge is -2.35. The molecular formula is C19H22N2O2S. The lowest BCUT2D eigenvalue weighted by molar-refractivity contribution is -0.132. The monoisotopic (exact) mass is 342 g/mol.